The van der Waals surface area contributed by atoms with E-state index in [1.807, 2.05) is 17.9 Å². The van der Waals surface area contributed by atoms with Crippen molar-refractivity contribution in [2.45, 2.75) is 6.54 Å². The van der Waals surface area contributed by atoms with E-state index in [0.717, 1.165) is 44.9 Å². The fourth-order valence-electron chi connectivity index (χ4n) is 2.52. The minimum Gasteiger partial charge on any atom is -0.334 e. The van der Waals surface area contributed by atoms with E-state index >= 15 is 0 Å². The van der Waals surface area contributed by atoms with E-state index in [1.54, 1.807) is 0 Å². The Labute approximate surface area is 113 Å². The van der Waals surface area contributed by atoms with Crippen LogP contribution in [0.2, 0.25) is 0 Å². The summed E-state index contributed by atoms with van der Waals surface area (Å²) in [5.41, 5.74) is 3.55. The van der Waals surface area contributed by atoms with Crippen molar-refractivity contribution in [2.75, 3.05) is 32.8 Å². The number of hydrogen-bond donors (Lipinski definition) is 2. The average Bonchev–Trinajstić information content (AvgIpc) is 2.81. The fourth-order valence-corrected chi connectivity index (χ4v) is 2.52. The minimum atomic E-state index is 0.899. The summed E-state index contributed by atoms with van der Waals surface area (Å²) < 4.78 is 2.05. The van der Waals surface area contributed by atoms with Crippen LogP contribution in [0, 0.1) is 0 Å². The van der Waals surface area contributed by atoms with Gasteiger partial charge in [0.25, 0.3) is 0 Å². The summed E-state index contributed by atoms with van der Waals surface area (Å²) in [6.07, 6.45) is 1.86. The Morgan fingerprint density at radius 3 is 3.00 bits per heavy atom. The highest BCUT2D eigenvalue weighted by Crippen LogP contribution is 2.13. The zero-order chi connectivity index (χ0) is 13.1. The van der Waals surface area contributed by atoms with Crippen molar-refractivity contribution in [1.29, 1.82) is 0 Å². The second-order valence-corrected chi connectivity index (χ2v) is 5.13. The lowest BCUT2D eigenvalue weighted by Gasteiger charge is -2.27. The summed E-state index contributed by atoms with van der Waals surface area (Å²) in [5.74, 6) is 0. The molecule has 1 aromatic heterocycles. The normalized spacial score (nSPS) is 17.1. The van der Waals surface area contributed by atoms with Crippen LogP contribution in [0.15, 0.2) is 24.5 Å². The largest absolute Gasteiger partial charge is 0.334 e. The molecule has 3 rings (SSSR count). The third-order valence-electron chi connectivity index (χ3n) is 3.66. The molecule has 0 unspecified atom stereocenters. The standard InChI is InChI=1S/C14H21N5/c1-18-11-17-13-8-12(2-3-14(13)18)9-16-10-19-6-4-15-5-7-19/h2-3,8,11,15-16H,4-7,9-10H2,1H3. The molecule has 0 amide bonds. The van der Waals surface area contributed by atoms with Crippen molar-refractivity contribution in [3.63, 3.8) is 0 Å². The summed E-state index contributed by atoms with van der Waals surface area (Å²) in [5, 5.41) is 6.87. The molecule has 0 atom stereocenters. The Kier molecular flexibility index (Phi) is 3.77. The molecule has 0 saturated carbocycles. The maximum atomic E-state index is 4.39. The van der Waals surface area contributed by atoms with E-state index < -0.39 is 0 Å². The van der Waals surface area contributed by atoms with Gasteiger partial charge in [0.05, 0.1) is 17.4 Å². The lowest BCUT2D eigenvalue weighted by molar-refractivity contribution is 0.223. The molecular weight excluding hydrogens is 238 g/mol. The highest BCUT2D eigenvalue weighted by atomic mass is 15.2. The van der Waals surface area contributed by atoms with Crippen LogP contribution in [0.1, 0.15) is 5.56 Å². The fraction of sp³-hybridized carbons (Fsp3) is 0.500. The smallest absolute Gasteiger partial charge is 0.0955 e. The van der Waals surface area contributed by atoms with Crippen molar-refractivity contribution in [2.24, 2.45) is 7.05 Å². The number of fused-ring (bicyclic) bond motifs is 1. The van der Waals surface area contributed by atoms with Crippen LogP contribution in [0.4, 0.5) is 0 Å². The summed E-state index contributed by atoms with van der Waals surface area (Å²) in [4.78, 5) is 6.83. The molecule has 0 radical (unpaired) electrons. The predicted molar refractivity (Wildman–Crippen MR) is 76.9 cm³/mol. The highest BCUT2D eigenvalue weighted by molar-refractivity contribution is 5.75. The van der Waals surface area contributed by atoms with Gasteiger partial charge in [-0.1, -0.05) is 6.07 Å². The van der Waals surface area contributed by atoms with Gasteiger partial charge in [-0.25, -0.2) is 4.98 Å². The van der Waals surface area contributed by atoms with Gasteiger partial charge < -0.3 is 15.2 Å². The lowest BCUT2D eigenvalue weighted by Crippen LogP contribution is -2.46. The monoisotopic (exact) mass is 259 g/mol. The molecule has 0 aliphatic carbocycles. The number of hydrogen-bond acceptors (Lipinski definition) is 4. The van der Waals surface area contributed by atoms with Crippen molar-refractivity contribution >= 4 is 11.0 Å². The van der Waals surface area contributed by atoms with Crippen LogP contribution in [-0.2, 0) is 13.6 Å². The first kappa shape index (κ1) is 12.6. The van der Waals surface area contributed by atoms with E-state index in [-0.39, 0.29) is 0 Å². The molecule has 19 heavy (non-hydrogen) atoms. The molecule has 1 fully saturated rings. The van der Waals surface area contributed by atoms with Crippen LogP contribution < -0.4 is 10.6 Å². The minimum absolute atomic E-state index is 0.899. The molecule has 1 aromatic carbocycles. The Morgan fingerprint density at radius 2 is 2.16 bits per heavy atom. The second-order valence-electron chi connectivity index (χ2n) is 5.13. The number of nitrogens with one attached hydrogen (secondary N) is 2. The summed E-state index contributed by atoms with van der Waals surface area (Å²) in [6, 6.07) is 6.49. The number of aryl methyl sites for hydroxylation is 1. The number of benzene rings is 1. The summed E-state index contributed by atoms with van der Waals surface area (Å²) >= 11 is 0. The van der Waals surface area contributed by atoms with Gasteiger partial charge in [-0.15, -0.1) is 0 Å². The van der Waals surface area contributed by atoms with Gasteiger partial charge >= 0.3 is 0 Å². The maximum absolute atomic E-state index is 4.39. The van der Waals surface area contributed by atoms with Gasteiger partial charge in [-0.3, -0.25) is 4.90 Å². The first-order valence-electron chi connectivity index (χ1n) is 6.87. The van der Waals surface area contributed by atoms with E-state index in [9.17, 15) is 0 Å². The maximum Gasteiger partial charge on any atom is 0.0955 e. The van der Waals surface area contributed by atoms with Gasteiger partial charge in [-0.05, 0) is 17.7 Å². The number of piperazine rings is 1. The van der Waals surface area contributed by atoms with Gasteiger partial charge in [0.2, 0.25) is 0 Å². The van der Waals surface area contributed by atoms with E-state index in [0.29, 0.717) is 0 Å². The quantitative estimate of drug-likeness (QED) is 0.840. The molecule has 2 N–H and O–H groups in total. The van der Waals surface area contributed by atoms with E-state index in [4.69, 9.17) is 0 Å². The molecule has 2 heterocycles. The SMILES string of the molecule is Cn1cnc2cc(CNCN3CCNCC3)ccc21. The Bertz CT molecular complexity index is 542. The molecule has 2 aromatic rings. The summed E-state index contributed by atoms with van der Waals surface area (Å²) in [7, 11) is 2.03. The molecular formula is C14H21N5. The number of rotatable bonds is 4. The Hall–Kier alpha value is -1.43. The molecule has 1 saturated heterocycles. The summed E-state index contributed by atoms with van der Waals surface area (Å²) in [6.45, 7) is 6.32. The van der Waals surface area contributed by atoms with Crippen LogP contribution in [0.25, 0.3) is 11.0 Å². The zero-order valence-corrected chi connectivity index (χ0v) is 11.4. The van der Waals surface area contributed by atoms with Crippen molar-refractivity contribution in [1.82, 2.24) is 25.1 Å². The van der Waals surface area contributed by atoms with Gasteiger partial charge in [0, 0.05) is 46.4 Å². The van der Waals surface area contributed by atoms with Gasteiger partial charge in [0.1, 0.15) is 0 Å². The van der Waals surface area contributed by atoms with Crippen molar-refractivity contribution in [3.05, 3.63) is 30.1 Å². The van der Waals surface area contributed by atoms with Crippen LogP contribution in [0.5, 0.6) is 0 Å². The number of nitrogens with zero attached hydrogens (tertiary/aromatic N) is 3. The third kappa shape index (κ3) is 2.94. The third-order valence-corrected chi connectivity index (χ3v) is 3.66. The number of aromatic nitrogens is 2. The number of imidazole rings is 1. The molecule has 1 aliphatic rings. The first-order valence-corrected chi connectivity index (χ1v) is 6.87. The van der Waals surface area contributed by atoms with Crippen molar-refractivity contribution < 1.29 is 0 Å². The zero-order valence-electron chi connectivity index (χ0n) is 11.4. The van der Waals surface area contributed by atoms with E-state index in [1.165, 1.54) is 11.1 Å². The predicted octanol–water partition coefficient (Wildman–Crippen LogP) is 0.526. The van der Waals surface area contributed by atoms with Crippen LogP contribution >= 0.6 is 0 Å². The first-order chi connectivity index (χ1) is 9.33. The average molecular weight is 259 g/mol. The highest BCUT2D eigenvalue weighted by Gasteiger charge is 2.08. The lowest BCUT2D eigenvalue weighted by atomic mass is 10.2. The van der Waals surface area contributed by atoms with Crippen LogP contribution in [-0.4, -0.2) is 47.3 Å². The molecule has 102 valence electrons. The topological polar surface area (TPSA) is 45.1 Å². The van der Waals surface area contributed by atoms with Gasteiger partial charge in [0.15, 0.2) is 0 Å². The van der Waals surface area contributed by atoms with Gasteiger partial charge in [-0.2, -0.15) is 0 Å². The second kappa shape index (κ2) is 5.69. The molecule has 1 aliphatic heterocycles. The molecule has 0 spiro atoms. The van der Waals surface area contributed by atoms with Crippen LogP contribution in [0.3, 0.4) is 0 Å². The molecule has 5 heteroatoms. The molecule has 5 nitrogen and oxygen atoms in total. The van der Waals surface area contributed by atoms with E-state index in [2.05, 4.69) is 38.7 Å². The van der Waals surface area contributed by atoms with Crippen molar-refractivity contribution in [3.8, 4) is 0 Å². The molecule has 0 bridgehead atoms. The Balaban J connectivity index is 1.56. The Morgan fingerprint density at radius 1 is 1.32 bits per heavy atom.